The molecule has 2 rings (SSSR count). The van der Waals surface area contributed by atoms with E-state index >= 15 is 0 Å². The zero-order valence-corrected chi connectivity index (χ0v) is 7.71. The first-order valence-electron chi connectivity index (χ1n) is 3.61. The molecule has 0 spiro atoms. The Morgan fingerprint density at radius 2 is 2.54 bits per heavy atom. The highest BCUT2D eigenvalue weighted by atomic mass is 32.2. The number of tetrazole rings is 1. The maximum atomic E-state index is 5.05. The number of nitrogens with one attached hydrogen (secondary N) is 1. The minimum absolute atomic E-state index is 0.613. The van der Waals surface area contributed by atoms with Crippen LogP contribution in [0.3, 0.4) is 0 Å². The molecule has 2 aromatic heterocycles. The van der Waals surface area contributed by atoms with Gasteiger partial charge in [0.1, 0.15) is 5.76 Å². The molecular formula is C6H7N5OS. The van der Waals surface area contributed by atoms with Crippen molar-refractivity contribution in [1.82, 2.24) is 25.6 Å². The Labute approximate surface area is 78.1 Å². The van der Waals surface area contributed by atoms with Crippen LogP contribution in [0, 0.1) is 6.92 Å². The van der Waals surface area contributed by atoms with Crippen molar-refractivity contribution in [2.45, 2.75) is 17.8 Å². The third kappa shape index (κ3) is 1.86. The maximum Gasteiger partial charge on any atom is 0.231 e. The molecule has 68 valence electrons. The van der Waals surface area contributed by atoms with Crippen LogP contribution in [0.25, 0.3) is 0 Å². The number of hydrogen-bond acceptors (Lipinski definition) is 6. The van der Waals surface area contributed by atoms with Gasteiger partial charge in [-0.25, -0.2) is 4.98 Å². The SMILES string of the molecule is Cc1ocnc1CSc1nn[nH]n1. The van der Waals surface area contributed by atoms with Crippen molar-refractivity contribution in [3.63, 3.8) is 0 Å². The predicted molar refractivity (Wildman–Crippen MR) is 45.0 cm³/mol. The summed E-state index contributed by atoms with van der Waals surface area (Å²) in [7, 11) is 0. The van der Waals surface area contributed by atoms with Crippen LogP contribution in [-0.2, 0) is 5.75 Å². The van der Waals surface area contributed by atoms with Gasteiger partial charge in [-0.05, 0) is 12.1 Å². The highest BCUT2D eigenvalue weighted by Crippen LogP contribution is 2.18. The molecular weight excluding hydrogens is 190 g/mol. The van der Waals surface area contributed by atoms with Gasteiger partial charge in [0.25, 0.3) is 0 Å². The quantitative estimate of drug-likeness (QED) is 0.732. The van der Waals surface area contributed by atoms with Crippen LogP contribution in [-0.4, -0.2) is 25.6 Å². The zero-order chi connectivity index (χ0) is 9.10. The van der Waals surface area contributed by atoms with E-state index < -0.39 is 0 Å². The second-order valence-corrected chi connectivity index (χ2v) is 3.28. The van der Waals surface area contributed by atoms with Gasteiger partial charge >= 0.3 is 0 Å². The third-order valence-corrected chi connectivity index (χ3v) is 2.36. The van der Waals surface area contributed by atoms with Crippen molar-refractivity contribution in [3.8, 4) is 0 Å². The maximum absolute atomic E-state index is 5.05. The highest BCUT2D eigenvalue weighted by Gasteiger charge is 2.05. The second kappa shape index (κ2) is 3.56. The van der Waals surface area contributed by atoms with Crippen LogP contribution in [0.2, 0.25) is 0 Å². The van der Waals surface area contributed by atoms with Crippen molar-refractivity contribution in [3.05, 3.63) is 17.8 Å². The van der Waals surface area contributed by atoms with Crippen molar-refractivity contribution in [2.24, 2.45) is 0 Å². The molecule has 13 heavy (non-hydrogen) atoms. The molecule has 0 aromatic carbocycles. The first kappa shape index (κ1) is 8.24. The highest BCUT2D eigenvalue weighted by molar-refractivity contribution is 7.98. The lowest BCUT2D eigenvalue weighted by Crippen LogP contribution is -1.84. The van der Waals surface area contributed by atoms with Gasteiger partial charge in [-0.1, -0.05) is 11.8 Å². The molecule has 6 nitrogen and oxygen atoms in total. The van der Waals surface area contributed by atoms with Crippen LogP contribution in [0.4, 0.5) is 0 Å². The van der Waals surface area contributed by atoms with Crippen LogP contribution >= 0.6 is 11.8 Å². The normalized spacial score (nSPS) is 10.5. The Hall–Kier alpha value is -1.37. The summed E-state index contributed by atoms with van der Waals surface area (Å²) in [6, 6.07) is 0. The summed E-state index contributed by atoms with van der Waals surface area (Å²) in [5, 5.41) is 14.0. The zero-order valence-electron chi connectivity index (χ0n) is 6.89. The number of nitrogens with zero attached hydrogens (tertiary/aromatic N) is 4. The van der Waals surface area contributed by atoms with E-state index in [1.54, 1.807) is 0 Å². The van der Waals surface area contributed by atoms with E-state index in [0.29, 0.717) is 10.9 Å². The van der Waals surface area contributed by atoms with Crippen molar-refractivity contribution in [2.75, 3.05) is 0 Å². The van der Waals surface area contributed by atoms with Gasteiger partial charge in [0.2, 0.25) is 5.16 Å². The molecule has 0 fully saturated rings. The summed E-state index contributed by atoms with van der Waals surface area (Å²) in [6.07, 6.45) is 1.43. The first-order valence-corrected chi connectivity index (χ1v) is 4.60. The Kier molecular flexibility index (Phi) is 2.26. The molecule has 0 aliphatic carbocycles. The topological polar surface area (TPSA) is 80.5 Å². The van der Waals surface area contributed by atoms with Gasteiger partial charge in [-0.15, -0.1) is 10.2 Å². The number of hydrogen-bond donors (Lipinski definition) is 1. The van der Waals surface area contributed by atoms with Gasteiger partial charge in [-0.2, -0.15) is 5.21 Å². The molecule has 0 radical (unpaired) electrons. The van der Waals surface area contributed by atoms with E-state index in [4.69, 9.17) is 4.42 Å². The summed E-state index contributed by atoms with van der Waals surface area (Å²) in [5.74, 6) is 1.53. The van der Waals surface area contributed by atoms with Crippen LogP contribution in [0.15, 0.2) is 16.0 Å². The molecule has 0 aliphatic rings. The van der Waals surface area contributed by atoms with Gasteiger partial charge in [0, 0.05) is 5.75 Å². The summed E-state index contributed by atoms with van der Waals surface area (Å²) in [4.78, 5) is 4.04. The largest absolute Gasteiger partial charge is 0.448 e. The standard InChI is InChI=1S/C6H7N5OS/c1-4-5(7-3-12-4)2-13-6-8-10-11-9-6/h3H,2H2,1H3,(H,8,9,10,11). The van der Waals surface area contributed by atoms with Crippen LogP contribution < -0.4 is 0 Å². The fraction of sp³-hybridized carbons (Fsp3) is 0.333. The summed E-state index contributed by atoms with van der Waals surface area (Å²) >= 11 is 1.46. The lowest BCUT2D eigenvalue weighted by molar-refractivity contribution is 0.525. The Morgan fingerprint density at radius 1 is 1.62 bits per heavy atom. The molecule has 0 atom stereocenters. The number of aromatic nitrogens is 5. The van der Waals surface area contributed by atoms with Crippen LogP contribution in [0.1, 0.15) is 11.5 Å². The second-order valence-electron chi connectivity index (χ2n) is 2.34. The Balaban J connectivity index is 1.97. The lowest BCUT2D eigenvalue weighted by Gasteiger charge is -1.91. The van der Waals surface area contributed by atoms with E-state index in [0.717, 1.165) is 11.5 Å². The van der Waals surface area contributed by atoms with E-state index in [9.17, 15) is 0 Å². The molecule has 7 heteroatoms. The summed E-state index contributed by atoms with van der Waals surface area (Å²) < 4.78 is 5.05. The van der Waals surface area contributed by atoms with E-state index in [-0.39, 0.29) is 0 Å². The average molecular weight is 197 g/mol. The summed E-state index contributed by atoms with van der Waals surface area (Å²) in [6.45, 7) is 1.87. The number of aryl methyl sites for hydroxylation is 1. The van der Waals surface area contributed by atoms with Gasteiger partial charge < -0.3 is 4.42 Å². The average Bonchev–Trinajstić information content (AvgIpc) is 2.72. The van der Waals surface area contributed by atoms with Crippen molar-refractivity contribution >= 4 is 11.8 Å². The number of oxazole rings is 1. The van der Waals surface area contributed by atoms with Crippen molar-refractivity contribution in [1.29, 1.82) is 0 Å². The summed E-state index contributed by atoms with van der Waals surface area (Å²) in [5.41, 5.74) is 0.912. The van der Waals surface area contributed by atoms with Gasteiger partial charge in [0.05, 0.1) is 5.69 Å². The van der Waals surface area contributed by atoms with Crippen LogP contribution in [0.5, 0.6) is 0 Å². The monoisotopic (exact) mass is 197 g/mol. The fourth-order valence-corrected chi connectivity index (χ4v) is 1.56. The molecule has 0 unspecified atom stereocenters. The number of H-pyrrole nitrogens is 1. The van der Waals surface area contributed by atoms with E-state index in [1.165, 1.54) is 18.2 Å². The number of rotatable bonds is 3. The van der Waals surface area contributed by atoms with Gasteiger partial charge in [0.15, 0.2) is 6.39 Å². The van der Waals surface area contributed by atoms with E-state index in [1.807, 2.05) is 6.92 Å². The van der Waals surface area contributed by atoms with Gasteiger partial charge in [-0.3, -0.25) is 0 Å². The number of thioether (sulfide) groups is 1. The lowest BCUT2D eigenvalue weighted by atomic mass is 10.4. The minimum atomic E-state index is 0.613. The molecule has 0 aliphatic heterocycles. The minimum Gasteiger partial charge on any atom is -0.448 e. The Morgan fingerprint density at radius 3 is 3.15 bits per heavy atom. The van der Waals surface area contributed by atoms with Crippen molar-refractivity contribution < 1.29 is 4.42 Å². The molecule has 0 saturated carbocycles. The predicted octanol–water partition coefficient (Wildman–Crippen LogP) is 0.788. The fourth-order valence-electron chi connectivity index (χ4n) is 0.814. The molecule has 0 saturated heterocycles. The molecule has 1 N–H and O–H groups in total. The Bertz CT molecular complexity index is 370. The third-order valence-electron chi connectivity index (χ3n) is 1.51. The first-order chi connectivity index (χ1) is 6.36. The van der Waals surface area contributed by atoms with E-state index in [2.05, 4.69) is 25.6 Å². The molecule has 0 bridgehead atoms. The number of aromatic amines is 1. The molecule has 0 amide bonds. The molecule has 2 heterocycles. The smallest absolute Gasteiger partial charge is 0.231 e. The molecule has 2 aromatic rings.